The number of benzene rings is 2. The Morgan fingerprint density at radius 2 is 1.56 bits per heavy atom. The molecule has 4 fully saturated rings. The quantitative estimate of drug-likeness (QED) is 0.109. The number of alkyl carbamates (subject to hydrolysis) is 1. The summed E-state index contributed by atoms with van der Waals surface area (Å²) in [6, 6.07) is 13.9. The summed E-state index contributed by atoms with van der Waals surface area (Å²) in [6.07, 6.45) is -13.5. The van der Waals surface area contributed by atoms with Crippen LogP contribution >= 0.6 is 0 Å². The minimum absolute atomic E-state index is 0.00732. The monoisotopic (exact) mass is 921 g/mol. The van der Waals surface area contributed by atoms with Gasteiger partial charge in [-0.3, -0.25) is 9.59 Å². The Hall–Kier alpha value is -5.73. The molecule has 2 aliphatic heterocycles. The van der Waals surface area contributed by atoms with Crippen LogP contribution in [0, 0.1) is 22.7 Å². The van der Waals surface area contributed by atoms with Gasteiger partial charge in [-0.25, -0.2) is 24.0 Å². The molecule has 19 nitrogen and oxygen atoms in total. The lowest BCUT2D eigenvalue weighted by Gasteiger charge is -2.67. The fourth-order valence-electron chi connectivity index (χ4n) is 10.6. The van der Waals surface area contributed by atoms with Crippen molar-refractivity contribution >= 4 is 41.9 Å². The first-order valence-corrected chi connectivity index (χ1v) is 21.8. The second-order valence-electron chi connectivity index (χ2n) is 18.2. The van der Waals surface area contributed by atoms with Crippen LogP contribution in [0.15, 0.2) is 71.8 Å². The van der Waals surface area contributed by atoms with Gasteiger partial charge in [0.2, 0.25) is 0 Å². The van der Waals surface area contributed by atoms with E-state index in [-0.39, 0.29) is 61.5 Å². The van der Waals surface area contributed by atoms with E-state index in [0.29, 0.717) is 0 Å². The SMILES string of the molecule is CCOC(=O)O[C@H]1C(=O)[C@@]2(C)C([C@H](OC(=O)c3ccccc3)[C@]3(O)C[C@H](OC(=O)[C@H](O)[C@@H](NC(=O)OC(=O)c4ccccc4)C4CCOC4)C(C)=C1C3(C)C)[C@]1(OC(C)=O)CO[C@@H]1C[C@@H]2O. The average Bonchev–Trinajstić information content (AvgIpc) is 3.82. The predicted octanol–water partition coefficient (Wildman–Crippen LogP) is 3.15. The molecule has 2 heterocycles. The van der Waals surface area contributed by atoms with E-state index in [9.17, 15) is 44.1 Å². The van der Waals surface area contributed by atoms with Crippen molar-refractivity contribution < 1.29 is 86.8 Å². The van der Waals surface area contributed by atoms with Gasteiger partial charge in [-0.2, -0.15) is 0 Å². The fraction of sp³-hybridized carbons (Fsp3) is 0.553. The highest BCUT2D eigenvalue weighted by Gasteiger charge is 2.78. The van der Waals surface area contributed by atoms with Crippen molar-refractivity contribution in [3.63, 3.8) is 0 Å². The standard InChI is InChI=1S/C47H55NO18/c1-7-60-43(57)63-35-32-24(2)29(62-41(55)34(51)33(28-18-19-59-22-28)48-42(56)65-40(54)27-16-12-9-13-17-27)21-47(58,44(32,4)5)38(64-39(53)26-14-10-8-11-15-26)36-45(6,37(35)52)30(50)20-31-46(36,23-61-31)66-25(3)49/h8-17,28-31,33-36,38,50-51,58H,7,18-23H2,1-6H3,(H,48,56)/t28?,29-,30-,31+,33-,34+,35+,36?,38-,45+,46-,47+/m0/s1. The Kier molecular flexibility index (Phi) is 13.5. The molecule has 2 saturated heterocycles. The first kappa shape index (κ1) is 48.2. The molecule has 1 amide bonds. The Labute approximate surface area is 380 Å². The number of fused-ring (bicyclic) bond motifs is 5. The summed E-state index contributed by atoms with van der Waals surface area (Å²) in [5.41, 5.74) is -8.15. The number of carbonyl (C=O) groups excluding carboxylic acids is 7. The van der Waals surface area contributed by atoms with Crippen molar-refractivity contribution in [3.8, 4) is 0 Å². The highest BCUT2D eigenvalue weighted by molar-refractivity contribution is 5.97. The number of hydrogen-bond acceptors (Lipinski definition) is 18. The van der Waals surface area contributed by atoms with Crippen molar-refractivity contribution in [1.29, 1.82) is 0 Å². The van der Waals surface area contributed by atoms with Crippen LogP contribution in [0.25, 0.3) is 0 Å². The molecule has 66 heavy (non-hydrogen) atoms. The molecule has 356 valence electrons. The van der Waals surface area contributed by atoms with Crippen LogP contribution in [0.3, 0.4) is 0 Å². The summed E-state index contributed by atoms with van der Waals surface area (Å²) in [5, 5.41) is 40.0. The van der Waals surface area contributed by atoms with Gasteiger partial charge in [-0.15, -0.1) is 0 Å². The Balaban J connectivity index is 1.34. The summed E-state index contributed by atoms with van der Waals surface area (Å²) in [5.74, 6) is -7.39. The van der Waals surface area contributed by atoms with E-state index in [1.165, 1.54) is 58.9 Å². The zero-order valence-corrected chi connectivity index (χ0v) is 37.4. The molecule has 7 rings (SSSR count). The third-order valence-corrected chi connectivity index (χ3v) is 14.2. The molecule has 2 saturated carbocycles. The van der Waals surface area contributed by atoms with Gasteiger partial charge in [-0.1, -0.05) is 50.2 Å². The van der Waals surface area contributed by atoms with E-state index >= 15 is 4.79 Å². The van der Waals surface area contributed by atoms with Crippen molar-refractivity contribution in [2.45, 2.75) is 115 Å². The van der Waals surface area contributed by atoms with E-state index in [4.69, 9.17) is 37.9 Å². The number of rotatable bonds is 11. The van der Waals surface area contributed by atoms with Crippen LogP contribution in [0.1, 0.15) is 81.5 Å². The van der Waals surface area contributed by atoms with E-state index < -0.39 is 125 Å². The van der Waals surface area contributed by atoms with E-state index in [1.807, 2.05) is 0 Å². The number of nitrogens with one attached hydrogen (secondary N) is 1. The molecule has 4 N–H and O–H groups in total. The lowest BCUT2D eigenvalue weighted by atomic mass is 9.44. The maximum absolute atomic E-state index is 15.6. The zero-order chi connectivity index (χ0) is 47.9. The molecular formula is C47H55NO18. The molecule has 0 aromatic heterocycles. The molecule has 2 aromatic rings. The number of aliphatic hydroxyl groups excluding tert-OH is 2. The number of ether oxygens (including phenoxy) is 8. The molecule has 3 aliphatic carbocycles. The summed E-state index contributed by atoms with van der Waals surface area (Å²) in [4.78, 5) is 96.5. The van der Waals surface area contributed by atoms with Crippen LogP contribution in [0.5, 0.6) is 0 Å². The fourth-order valence-corrected chi connectivity index (χ4v) is 10.6. The zero-order valence-electron chi connectivity index (χ0n) is 37.4. The maximum Gasteiger partial charge on any atom is 0.509 e. The minimum atomic E-state index is -2.48. The normalized spacial score (nSPS) is 32.9. The van der Waals surface area contributed by atoms with Crippen molar-refractivity contribution in [1.82, 2.24) is 5.32 Å². The second-order valence-corrected chi connectivity index (χ2v) is 18.2. The highest BCUT2D eigenvalue weighted by Crippen LogP contribution is 2.64. The molecule has 0 spiro atoms. The van der Waals surface area contributed by atoms with Gasteiger partial charge >= 0.3 is 36.1 Å². The smallest absolute Gasteiger partial charge is 0.456 e. The third kappa shape index (κ3) is 8.35. The van der Waals surface area contributed by atoms with Gasteiger partial charge < -0.3 is 58.5 Å². The average molecular weight is 922 g/mol. The molecule has 2 unspecified atom stereocenters. The summed E-state index contributed by atoms with van der Waals surface area (Å²) in [7, 11) is 0. The van der Waals surface area contributed by atoms with Crippen molar-refractivity contribution in [3.05, 3.63) is 82.9 Å². The van der Waals surface area contributed by atoms with Crippen LogP contribution in [-0.2, 0) is 52.3 Å². The number of hydrogen-bond donors (Lipinski definition) is 4. The van der Waals surface area contributed by atoms with Gasteiger partial charge in [0.15, 0.2) is 23.6 Å². The van der Waals surface area contributed by atoms with E-state index in [2.05, 4.69) is 5.32 Å². The highest BCUT2D eigenvalue weighted by atomic mass is 16.7. The largest absolute Gasteiger partial charge is 0.509 e. The number of carbonyl (C=O) groups is 7. The van der Waals surface area contributed by atoms with Gasteiger partial charge in [0.05, 0.1) is 54.4 Å². The molecule has 2 bridgehead atoms. The van der Waals surface area contributed by atoms with Crippen LogP contribution in [0.4, 0.5) is 9.59 Å². The van der Waals surface area contributed by atoms with Crippen LogP contribution in [0.2, 0.25) is 0 Å². The number of ketones is 1. The summed E-state index contributed by atoms with van der Waals surface area (Å²) >= 11 is 0. The van der Waals surface area contributed by atoms with Crippen molar-refractivity contribution in [2.24, 2.45) is 22.7 Å². The van der Waals surface area contributed by atoms with Crippen molar-refractivity contribution in [2.75, 3.05) is 26.4 Å². The summed E-state index contributed by atoms with van der Waals surface area (Å²) in [6.45, 7) is 8.14. The molecule has 5 aliphatic rings. The topological polar surface area (TPSA) is 266 Å². The Morgan fingerprint density at radius 3 is 2.12 bits per heavy atom. The first-order valence-electron chi connectivity index (χ1n) is 21.8. The lowest BCUT2D eigenvalue weighted by Crippen LogP contribution is -2.82. The summed E-state index contributed by atoms with van der Waals surface area (Å²) < 4.78 is 45.8. The Morgan fingerprint density at radius 1 is 0.924 bits per heavy atom. The minimum Gasteiger partial charge on any atom is -0.456 e. The molecule has 12 atom stereocenters. The van der Waals surface area contributed by atoms with Gasteiger partial charge in [0, 0.05) is 37.7 Å². The number of Topliss-reactive ketones (excluding diaryl/α,β-unsaturated/α-hetero) is 1. The molecule has 0 radical (unpaired) electrons. The van der Waals surface area contributed by atoms with Gasteiger partial charge in [0.1, 0.15) is 23.9 Å². The van der Waals surface area contributed by atoms with E-state index in [1.54, 1.807) is 36.4 Å². The van der Waals surface area contributed by atoms with Crippen LogP contribution < -0.4 is 5.32 Å². The second kappa shape index (κ2) is 18.5. The molecule has 19 heteroatoms. The van der Waals surface area contributed by atoms with Gasteiger partial charge in [-0.05, 0) is 62.6 Å². The van der Waals surface area contributed by atoms with Crippen LogP contribution in [-0.4, -0.2) is 138 Å². The number of esters is 4. The number of amides is 1. The molecule has 2 aromatic carbocycles. The number of aliphatic hydroxyl groups is 3. The van der Waals surface area contributed by atoms with E-state index in [0.717, 1.165) is 6.92 Å². The molecular weight excluding hydrogens is 867 g/mol. The Bertz CT molecular complexity index is 2260. The lowest BCUT2D eigenvalue weighted by molar-refractivity contribution is -0.346. The predicted molar refractivity (Wildman–Crippen MR) is 224 cm³/mol. The maximum atomic E-state index is 15.6. The third-order valence-electron chi connectivity index (χ3n) is 14.2. The van der Waals surface area contributed by atoms with Gasteiger partial charge in [0.25, 0.3) is 0 Å². The first-order chi connectivity index (χ1) is 31.2.